The number of anilines is 1. The molecule has 0 radical (unpaired) electrons. The second kappa shape index (κ2) is 8.53. The molecule has 1 aromatic carbocycles. The molecule has 0 saturated heterocycles. The van der Waals surface area contributed by atoms with Gasteiger partial charge < -0.3 is 14.5 Å². The summed E-state index contributed by atoms with van der Waals surface area (Å²) in [5, 5.41) is 3.75. The Labute approximate surface area is 173 Å². The molecular weight excluding hydrogens is 395 g/mol. The van der Waals surface area contributed by atoms with Gasteiger partial charge in [0.25, 0.3) is 5.71 Å². The molecule has 0 amide bonds. The third kappa shape index (κ3) is 4.45. The van der Waals surface area contributed by atoms with Gasteiger partial charge in [-0.1, -0.05) is 25.4 Å². The van der Waals surface area contributed by atoms with Crippen molar-refractivity contribution in [1.29, 1.82) is 0 Å². The lowest BCUT2D eigenvalue weighted by Crippen LogP contribution is -2.26. The van der Waals surface area contributed by atoms with Crippen LogP contribution in [0.5, 0.6) is 5.88 Å². The van der Waals surface area contributed by atoms with Crippen LogP contribution in [-0.4, -0.2) is 27.6 Å². The number of rotatable bonds is 6. The van der Waals surface area contributed by atoms with Gasteiger partial charge in [-0.2, -0.15) is 9.97 Å². The van der Waals surface area contributed by atoms with Crippen molar-refractivity contribution < 1.29 is 13.5 Å². The normalized spacial score (nSPS) is 19.4. The Morgan fingerprint density at radius 3 is 2.76 bits per heavy atom. The molecule has 1 saturated carbocycles. The summed E-state index contributed by atoms with van der Waals surface area (Å²) in [5.74, 6) is 1.33. The Morgan fingerprint density at radius 1 is 1.21 bits per heavy atom. The third-order valence-electron chi connectivity index (χ3n) is 5.18. The minimum atomic E-state index is -0.422. The zero-order chi connectivity index (χ0) is 20.4. The van der Waals surface area contributed by atoms with Crippen molar-refractivity contribution >= 4 is 28.8 Å². The van der Waals surface area contributed by atoms with E-state index in [2.05, 4.69) is 27.2 Å². The molecule has 4 rings (SSSR count). The molecule has 2 aromatic heterocycles. The summed E-state index contributed by atoms with van der Waals surface area (Å²) in [6, 6.07) is 4.37. The maximum atomic E-state index is 13.7. The molecule has 29 heavy (non-hydrogen) atoms. The van der Waals surface area contributed by atoms with Gasteiger partial charge in [0.2, 0.25) is 17.7 Å². The van der Waals surface area contributed by atoms with E-state index in [-0.39, 0.29) is 11.6 Å². The van der Waals surface area contributed by atoms with Crippen LogP contribution in [0.2, 0.25) is 5.02 Å². The van der Waals surface area contributed by atoms with Crippen molar-refractivity contribution in [2.45, 2.75) is 52.0 Å². The quantitative estimate of drug-likeness (QED) is 0.540. The van der Waals surface area contributed by atoms with E-state index < -0.39 is 5.82 Å². The van der Waals surface area contributed by atoms with Crippen LogP contribution < -0.4 is 10.1 Å². The number of hydrogen-bond donors (Lipinski definition) is 1. The van der Waals surface area contributed by atoms with E-state index in [1.54, 1.807) is 0 Å². The average molecular weight is 419 g/mol. The summed E-state index contributed by atoms with van der Waals surface area (Å²) < 4.78 is 25.3. The lowest BCUT2D eigenvalue weighted by molar-refractivity contribution is 0.308. The second-order valence-corrected chi connectivity index (χ2v) is 8.01. The van der Waals surface area contributed by atoms with Crippen LogP contribution >= 0.6 is 11.6 Å². The van der Waals surface area contributed by atoms with E-state index in [0.29, 0.717) is 40.6 Å². The fourth-order valence-electron chi connectivity index (χ4n) is 3.52. The fraction of sp³-hybridized carbons (Fsp3) is 0.476. The first-order valence-electron chi connectivity index (χ1n) is 10.1. The van der Waals surface area contributed by atoms with Crippen LogP contribution in [0.1, 0.15) is 46.0 Å². The van der Waals surface area contributed by atoms with Gasteiger partial charge >= 0.3 is 0 Å². The predicted molar refractivity (Wildman–Crippen MR) is 111 cm³/mol. The van der Waals surface area contributed by atoms with E-state index in [4.69, 9.17) is 20.8 Å². The lowest BCUT2D eigenvalue weighted by Gasteiger charge is -2.26. The van der Waals surface area contributed by atoms with Crippen molar-refractivity contribution in [3.8, 4) is 17.3 Å². The van der Waals surface area contributed by atoms with E-state index in [1.807, 2.05) is 6.92 Å². The van der Waals surface area contributed by atoms with E-state index in [0.717, 1.165) is 25.2 Å². The largest absolute Gasteiger partial charge is 0.476 e. The highest BCUT2D eigenvalue weighted by Gasteiger charge is 2.22. The number of benzene rings is 1. The number of halogens is 2. The first kappa shape index (κ1) is 19.9. The minimum absolute atomic E-state index is 0.184. The SMILES string of the molecule is CCCOc1nc(NC2CCC(C)CC2)nc2oc(-c3cc(F)ccc3Cl)nc12. The number of aromatic nitrogens is 3. The van der Waals surface area contributed by atoms with Crippen molar-refractivity contribution in [3.63, 3.8) is 0 Å². The highest BCUT2D eigenvalue weighted by molar-refractivity contribution is 6.33. The molecule has 1 aliphatic carbocycles. The van der Waals surface area contributed by atoms with Gasteiger partial charge in [-0.3, -0.25) is 0 Å². The van der Waals surface area contributed by atoms with Crippen molar-refractivity contribution in [2.75, 3.05) is 11.9 Å². The molecule has 0 spiro atoms. The summed E-state index contributed by atoms with van der Waals surface area (Å²) >= 11 is 6.21. The second-order valence-electron chi connectivity index (χ2n) is 7.60. The molecule has 3 aromatic rings. The summed E-state index contributed by atoms with van der Waals surface area (Å²) in [5.41, 5.74) is 1.05. The van der Waals surface area contributed by atoms with Gasteiger partial charge in [-0.05, 0) is 56.2 Å². The van der Waals surface area contributed by atoms with E-state index in [1.165, 1.54) is 31.0 Å². The first-order valence-corrected chi connectivity index (χ1v) is 10.4. The molecule has 0 atom stereocenters. The van der Waals surface area contributed by atoms with Gasteiger partial charge in [0.15, 0.2) is 5.52 Å². The molecule has 2 heterocycles. The van der Waals surface area contributed by atoms with Crippen LogP contribution in [-0.2, 0) is 0 Å². The van der Waals surface area contributed by atoms with Gasteiger partial charge in [0, 0.05) is 6.04 Å². The van der Waals surface area contributed by atoms with Gasteiger partial charge in [-0.15, -0.1) is 0 Å². The first-order chi connectivity index (χ1) is 14.0. The van der Waals surface area contributed by atoms with Crippen LogP contribution in [0.25, 0.3) is 22.7 Å². The van der Waals surface area contributed by atoms with Crippen LogP contribution in [0.3, 0.4) is 0 Å². The van der Waals surface area contributed by atoms with Crippen LogP contribution in [0, 0.1) is 11.7 Å². The van der Waals surface area contributed by atoms with E-state index >= 15 is 0 Å². The number of nitrogens with zero attached hydrogens (tertiary/aromatic N) is 3. The Balaban J connectivity index is 1.70. The molecule has 1 N–H and O–H groups in total. The molecule has 0 bridgehead atoms. The number of fused-ring (bicyclic) bond motifs is 1. The monoisotopic (exact) mass is 418 g/mol. The minimum Gasteiger partial charge on any atom is -0.476 e. The number of nitrogens with one attached hydrogen (secondary N) is 1. The Morgan fingerprint density at radius 2 is 2.00 bits per heavy atom. The standard InChI is InChI=1S/C21H24ClFN4O2/c1-3-10-28-19-17-20(27-21(26-19)24-14-7-4-12(2)5-8-14)29-18(25-17)15-11-13(23)6-9-16(15)22/h6,9,11-12,14H,3-5,7-8,10H2,1-2H3,(H,24,26,27). The third-order valence-corrected chi connectivity index (χ3v) is 5.51. The summed E-state index contributed by atoms with van der Waals surface area (Å²) in [6.07, 6.45) is 5.35. The summed E-state index contributed by atoms with van der Waals surface area (Å²) in [7, 11) is 0. The molecule has 6 nitrogen and oxygen atoms in total. The molecule has 0 unspecified atom stereocenters. The molecule has 1 fully saturated rings. The number of oxazole rings is 1. The van der Waals surface area contributed by atoms with Gasteiger partial charge in [-0.25, -0.2) is 9.37 Å². The summed E-state index contributed by atoms with van der Waals surface area (Å²) in [4.78, 5) is 13.5. The smallest absolute Gasteiger partial charge is 0.256 e. The lowest BCUT2D eigenvalue weighted by atomic mass is 9.87. The van der Waals surface area contributed by atoms with Crippen molar-refractivity contribution in [1.82, 2.24) is 15.0 Å². The van der Waals surface area contributed by atoms with Crippen molar-refractivity contribution in [3.05, 3.63) is 29.0 Å². The van der Waals surface area contributed by atoms with Crippen LogP contribution in [0.15, 0.2) is 22.6 Å². The maximum Gasteiger partial charge on any atom is 0.256 e. The highest BCUT2D eigenvalue weighted by Crippen LogP contribution is 2.33. The predicted octanol–water partition coefficient (Wildman–Crippen LogP) is 5.86. The summed E-state index contributed by atoms with van der Waals surface area (Å²) in [6.45, 7) is 4.79. The maximum absolute atomic E-state index is 13.7. The topological polar surface area (TPSA) is 73.1 Å². The molecule has 8 heteroatoms. The zero-order valence-electron chi connectivity index (χ0n) is 16.5. The van der Waals surface area contributed by atoms with Crippen molar-refractivity contribution in [2.24, 2.45) is 5.92 Å². The Kier molecular flexibility index (Phi) is 5.85. The molecular formula is C21H24ClFN4O2. The van der Waals surface area contributed by atoms with Gasteiger partial charge in [0.05, 0.1) is 17.2 Å². The zero-order valence-corrected chi connectivity index (χ0v) is 17.3. The highest BCUT2D eigenvalue weighted by atomic mass is 35.5. The van der Waals surface area contributed by atoms with Gasteiger partial charge in [0.1, 0.15) is 5.82 Å². The molecule has 1 aliphatic rings. The van der Waals surface area contributed by atoms with Crippen LogP contribution in [0.4, 0.5) is 10.3 Å². The van der Waals surface area contributed by atoms with E-state index in [9.17, 15) is 4.39 Å². The number of hydrogen-bond acceptors (Lipinski definition) is 6. The molecule has 154 valence electrons. The average Bonchev–Trinajstić information content (AvgIpc) is 3.14. The number of ether oxygens (including phenoxy) is 1. The Hall–Kier alpha value is -2.41. The Bertz CT molecular complexity index is 1000. The molecule has 0 aliphatic heterocycles. The fourth-order valence-corrected chi connectivity index (χ4v) is 3.72.